The zero-order chi connectivity index (χ0) is 15.8. The molecule has 23 heavy (non-hydrogen) atoms. The first-order chi connectivity index (χ1) is 10.1. The van der Waals surface area contributed by atoms with Crippen molar-refractivity contribution in [2.45, 2.75) is 39.4 Å². The Morgan fingerprint density at radius 3 is 2.26 bits per heavy atom. The van der Waals surface area contributed by atoms with Gasteiger partial charge in [-0.1, -0.05) is 30.3 Å². The minimum absolute atomic E-state index is 0. The van der Waals surface area contributed by atoms with Crippen LogP contribution in [0.25, 0.3) is 0 Å². The average molecular weight is 395 g/mol. The fraction of sp³-hybridized carbons (Fsp3) is 0.500. The summed E-state index contributed by atoms with van der Waals surface area (Å²) in [6.07, 6.45) is 0. The SMILES string of the molecule is CC1CN(C(=O)CO)C(C)CN1Cc1ccccc1.[CH2-]C.[CH3-].[Y]. The molecule has 0 aliphatic carbocycles. The number of carbonyl (C=O) groups excluding carboxylic acids is 1. The summed E-state index contributed by atoms with van der Waals surface area (Å²) in [4.78, 5) is 15.8. The number of aliphatic hydroxyl groups excluding tert-OH is 1. The quantitative estimate of drug-likeness (QED) is 0.800. The zero-order valence-corrected chi connectivity index (χ0v) is 17.7. The van der Waals surface area contributed by atoms with Gasteiger partial charge >= 0.3 is 0 Å². The Bertz CT molecular complexity index is 428. The summed E-state index contributed by atoms with van der Waals surface area (Å²) >= 11 is 0. The molecule has 2 atom stereocenters. The van der Waals surface area contributed by atoms with Crippen LogP contribution in [0.5, 0.6) is 0 Å². The van der Waals surface area contributed by atoms with Gasteiger partial charge in [-0.15, -0.1) is 0 Å². The normalized spacial score (nSPS) is 20.5. The van der Waals surface area contributed by atoms with Gasteiger partial charge in [-0.2, -0.15) is 6.92 Å². The van der Waals surface area contributed by atoms with E-state index in [2.05, 4.69) is 43.0 Å². The van der Waals surface area contributed by atoms with Gasteiger partial charge in [-0.05, 0) is 19.4 Å². The van der Waals surface area contributed by atoms with Crippen LogP contribution in [0.15, 0.2) is 30.3 Å². The Hall–Kier alpha value is -0.286. The second-order valence-corrected chi connectivity index (χ2v) is 5.32. The van der Waals surface area contributed by atoms with Crippen LogP contribution in [0.2, 0.25) is 0 Å². The Labute approximate surface area is 167 Å². The van der Waals surface area contributed by atoms with E-state index in [1.807, 2.05) is 13.0 Å². The van der Waals surface area contributed by atoms with Crippen LogP contribution < -0.4 is 0 Å². The van der Waals surface area contributed by atoms with Crippen molar-refractivity contribution in [2.24, 2.45) is 0 Å². The predicted octanol–water partition coefficient (Wildman–Crippen LogP) is 2.39. The molecule has 0 saturated carbocycles. The summed E-state index contributed by atoms with van der Waals surface area (Å²) < 4.78 is 0. The molecular weight excluding hydrogens is 365 g/mol. The number of amides is 1. The van der Waals surface area contributed by atoms with Gasteiger partial charge in [-0.25, -0.2) is 0 Å². The van der Waals surface area contributed by atoms with Crippen LogP contribution in [0.4, 0.5) is 0 Å². The van der Waals surface area contributed by atoms with E-state index in [9.17, 15) is 4.79 Å². The Morgan fingerprint density at radius 2 is 1.74 bits per heavy atom. The Kier molecular flexibility index (Phi) is 14.2. The van der Waals surface area contributed by atoms with Crippen LogP contribution in [0.1, 0.15) is 26.3 Å². The van der Waals surface area contributed by atoms with Crippen molar-refractivity contribution in [3.05, 3.63) is 50.2 Å². The molecule has 1 heterocycles. The van der Waals surface area contributed by atoms with E-state index in [0.29, 0.717) is 12.6 Å². The van der Waals surface area contributed by atoms with E-state index < -0.39 is 6.61 Å². The van der Waals surface area contributed by atoms with E-state index in [1.54, 1.807) is 11.8 Å². The standard InChI is InChI=1S/C15H22N2O2.C2H5.CH3.Y/c1-12-9-17(15(19)11-18)13(2)8-16(12)10-14-6-4-3-5-7-14;1-2;;/h3-7,12-13,18H,8-11H2,1-2H3;1H2,2H3;1H3;/q;2*-1;. The largest absolute Gasteiger partial charge is 0.387 e. The zero-order valence-electron chi connectivity index (χ0n) is 14.9. The molecule has 1 saturated heterocycles. The van der Waals surface area contributed by atoms with Crippen LogP contribution in [0, 0.1) is 14.4 Å². The number of aliphatic hydroxyl groups is 1. The van der Waals surface area contributed by atoms with Crippen LogP contribution in [0.3, 0.4) is 0 Å². The molecule has 1 fully saturated rings. The number of nitrogens with zero attached hydrogens (tertiary/aromatic N) is 2. The van der Waals surface area contributed by atoms with Gasteiger partial charge in [0.15, 0.2) is 0 Å². The number of piperazine rings is 1. The average Bonchev–Trinajstić information content (AvgIpc) is 2.53. The molecule has 1 aromatic rings. The summed E-state index contributed by atoms with van der Waals surface area (Å²) in [5, 5.41) is 8.99. The maximum Gasteiger partial charge on any atom is 0.248 e. The van der Waals surface area contributed by atoms with Gasteiger partial charge in [0.2, 0.25) is 5.91 Å². The third-order valence-electron chi connectivity index (χ3n) is 3.80. The van der Waals surface area contributed by atoms with Crippen LogP contribution >= 0.6 is 0 Å². The minimum atomic E-state index is -0.393. The monoisotopic (exact) mass is 395 g/mol. The van der Waals surface area contributed by atoms with Crippen molar-refractivity contribution < 1.29 is 42.6 Å². The Morgan fingerprint density at radius 1 is 1.17 bits per heavy atom. The molecule has 1 aliphatic heterocycles. The fourth-order valence-corrected chi connectivity index (χ4v) is 2.67. The number of benzene rings is 1. The van der Waals surface area contributed by atoms with E-state index in [1.165, 1.54) is 5.56 Å². The molecule has 1 N–H and O–H groups in total. The second-order valence-electron chi connectivity index (χ2n) is 5.32. The van der Waals surface area contributed by atoms with Crippen molar-refractivity contribution in [1.29, 1.82) is 0 Å². The minimum Gasteiger partial charge on any atom is -0.387 e. The fourth-order valence-electron chi connectivity index (χ4n) is 2.67. The van der Waals surface area contributed by atoms with E-state index in [0.717, 1.165) is 13.1 Å². The van der Waals surface area contributed by atoms with E-state index in [4.69, 9.17) is 5.11 Å². The molecule has 4 nitrogen and oxygen atoms in total. The summed E-state index contributed by atoms with van der Waals surface area (Å²) in [5.74, 6) is -0.168. The topological polar surface area (TPSA) is 43.8 Å². The van der Waals surface area contributed by atoms with Gasteiger partial charge in [0, 0.05) is 64.4 Å². The molecule has 1 amide bonds. The molecule has 1 aliphatic rings. The molecule has 5 heteroatoms. The molecule has 2 unspecified atom stereocenters. The Balaban J connectivity index is 0. The third kappa shape index (κ3) is 7.42. The van der Waals surface area contributed by atoms with Crippen LogP contribution in [-0.4, -0.2) is 52.6 Å². The van der Waals surface area contributed by atoms with Gasteiger partial charge < -0.3 is 24.4 Å². The summed E-state index contributed by atoms with van der Waals surface area (Å²) in [6.45, 7) is 11.2. The molecule has 0 aromatic heterocycles. The number of hydrogen-bond acceptors (Lipinski definition) is 3. The van der Waals surface area contributed by atoms with Crippen molar-refractivity contribution in [3.63, 3.8) is 0 Å². The molecule has 2 rings (SSSR count). The number of hydrogen-bond donors (Lipinski definition) is 1. The maximum absolute atomic E-state index is 11.6. The van der Waals surface area contributed by atoms with Crippen molar-refractivity contribution in [1.82, 2.24) is 9.80 Å². The molecule has 0 bridgehead atoms. The van der Waals surface area contributed by atoms with E-state index >= 15 is 0 Å². The van der Waals surface area contributed by atoms with E-state index in [-0.39, 0.29) is 52.1 Å². The molecule has 1 radical (unpaired) electrons. The van der Waals surface area contributed by atoms with Crippen LogP contribution in [-0.2, 0) is 44.0 Å². The van der Waals surface area contributed by atoms with Crippen molar-refractivity contribution in [2.75, 3.05) is 19.7 Å². The van der Waals surface area contributed by atoms with Gasteiger partial charge in [0.1, 0.15) is 6.61 Å². The predicted molar refractivity (Wildman–Crippen MR) is 92.0 cm³/mol. The third-order valence-corrected chi connectivity index (χ3v) is 3.80. The first kappa shape index (κ1) is 25.0. The first-order valence-electron chi connectivity index (χ1n) is 7.51. The number of rotatable bonds is 3. The summed E-state index contributed by atoms with van der Waals surface area (Å²) in [6, 6.07) is 10.8. The maximum atomic E-state index is 11.6. The number of carbonyl (C=O) groups is 1. The molecular formula is C18H30N2O2Y-2. The molecule has 1 aromatic carbocycles. The van der Waals surface area contributed by atoms with Crippen molar-refractivity contribution in [3.8, 4) is 0 Å². The molecule has 129 valence electrons. The summed E-state index contributed by atoms with van der Waals surface area (Å²) in [5.41, 5.74) is 1.29. The summed E-state index contributed by atoms with van der Waals surface area (Å²) in [7, 11) is 0. The molecule has 0 spiro atoms. The van der Waals surface area contributed by atoms with Gasteiger partial charge in [0.05, 0.1) is 0 Å². The van der Waals surface area contributed by atoms with Crippen molar-refractivity contribution >= 4 is 5.91 Å². The first-order valence-corrected chi connectivity index (χ1v) is 7.51. The smallest absolute Gasteiger partial charge is 0.248 e. The van der Waals surface area contributed by atoms with Gasteiger partial charge in [0.25, 0.3) is 0 Å². The second kappa shape index (κ2) is 13.1. The van der Waals surface area contributed by atoms with Gasteiger partial charge in [-0.3, -0.25) is 9.69 Å².